The Morgan fingerprint density at radius 3 is 2.94 bits per heavy atom. The summed E-state index contributed by atoms with van der Waals surface area (Å²) in [7, 11) is 0. The standard InChI is InChI=1S/C12H20N4/c1-4-6-16-7-5-15-11(16)8-14-10-12(2,3)9-13/h5,7,14H,4,6,8,10H2,1-3H3. The van der Waals surface area contributed by atoms with Crippen LogP contribution in [-0.2, 0) is 13.1 Å². The van der Waals surface area contributed by atoms with Gasteiger partial charge in [0.05, 0.1) is 18.0 Å². The molecule has 0 fully saturated rings. The highest BCUT2D eigenvalue weighted by Crippen LogP contribution is 2.10. The lowest BCUT2D eigenvalue weighted by molar-refractivity contribution is 0.436. The zero-order chi connectivity index (χ0) is 12.0. The predicted octanol–water partition coefficient (Wildman–Crippen LogP) is 1.93. The van der Waals surface area contributed by atoms with Crippen molar-refractivity contribution < 1.29 is 0 Å². The third-order valence-corrected chi connectivity index (χ3v) is 2.42. The molecule has 0 saturated carbocycles. The number of nitriles is 1. The van der Waals surface area contributed by atoms with Crippen LogP contribution in [0.1, 0.15) is 33.0 Å². The monoisotopic (exact) mass is 220 g/mol. The normalized spacial score (nSPS) is 11.4. The fraction of sp³-hybridized carbons (Fsp3) is 0.667. The molecule has 0 atom stereocenters. The topological polar surface area (TPSA) is 53.6 Å². The fourth-order valence-electron chi connectivity index (χ4n) is 1.48. The van der Waals surface area contributed by atoms with Crippen molar-refractivity contribution >= 4 is 0 Å². The predicted molar refractivity (Wildman–Crippen MR) is 63.6 cm³/mol. The lowest BCUT2D eigenvalue weighted by atomic mass is 9.96. The van der Waals surface area contributed by atoms with Gasteiger partial charge in [-0.05, 0) is 20.3 Å². The molecule has 88 valence electrons. The van der Waals surface area contributed by atoms with Gasteiger partial charge in [-0.25, -0.2) is 4.98 Å². The molecule has 0 aliphatic carbocycles. The van der Waals surface area contributed by atoms with E-state index in [1.54, 1.807) is 0 Å². The van der Waals surface area contributed by atoms with E-state index in [-0.39, 0.29) is 5.41 Å². The summed E-state index contributed by atoms with van der Waals surface area (Å²) in [5, 5.41) is 12.2. The first-order chi connectivity index (χ1) is 7.59. The molecule has 1 N–H and O–H groups in total. The third-order valence-electron chi connectivity index (χ3n) is 2.42. The van der Waals surface area contributed by atoms with Gasteiger partial charge >= 0.3 is 0 Å². The van der Waals surface area contributed by atoms with E-state index in [1.807, 2.05) is 26.2 Å². The Balaban J connectivity index is 2.43. The third kappa shape index (κ3) is 3.67. The molecule has 0 aliphatic heterocycles. The minimum atomic E-state index is -0.317. The quantitative estimate of drug-likeness (QED) is 0.797. The Labute approximate surface area is 97.3 Å². The number of hydrogen-bond acceptors (Lipinski definition) is 3. The van der Waals surface area contributed by atoms with Crippen molar-refractivity contribution in [1.29, 1.82) is 5.26 Å². The van der Waals surface area contributed by atoms with E-state index in [9.17, 15) is 0 Å². The SMILES string of the molecule is CCCn1ccnc1CNCC(C)(C)C#N. The van der Waals surface area contributed by atoms with Crippen molar-refractivity contribution in [3.8, 4) is 6.07 Å². The molecular formula is C12H20N4. The molecule has 16 heavy (non-hydrogen) atoms. The van der Waals surface area contributed by atoms with Crippen LogP contribution in [0.25, 0.3) is 0 Å². The van der Waals surface area contributed by atoms with E-state index in [0.29, 0.717) is 6.54 Å². The van der Waals surface area contributed by atoms with E-state index >= 15 is 0 Å². The Hall–Kier alpha value is -1.34. The number of hydrogen-bond donors (Lipinski definition) is 1. The summed E-state index contributed by atoms with van der Waals surface area (Å²) in [6.45, 7) is 8.41. The van der Waals surface area contributed by atoms with Crippen molar-refractivity contribution in [2.75, 3.05) is 6.54 Å². The number of imidazole rings is 1. The van der Waals surface area contributed by atoms with Crippen molar-refractivity contribution in [3.63, 3.8) is 0 Å². The van der Waals surface area contributed by atoms with Crippen molar-refractivity contribution in [2.45, 2.75) is 40.3 Å². The molecule has 0 radical (unpaired) electrons. The molecule has 0 unspecified atom stereocenters. The van der Waals surface area contributed by atoms with Crippen LogP contribution in [0.2, 0.25) is 0 Å². The molecule has 1 aromatic heterocycles. The largest absolute Gasteiger partial charge is 0.334 e. The molecule has 0 saturated heterocycles. The lowest BCUT2D eigenvalue weighted by Crippen LogP contribution is -2.28. The van der Waals surface area contributed by atoms with Crippen LogP contribution >= 0.6 is 0 Å². The molecule has 0 amide bonds. The molecule has 4 heteroatoms. The van der Waals surface area contributed by atoms with Crippen LogP contribution in [0.5, 0.6) is 0 Å². The van der Waals surface area contributed by atoms with Gasteiger partial charge in [0.2, 0.25) is 0 Å². The van der Waals surface area contributed by atoms with Crippen LogP contribution in [-0.4, -0.2) is 16.1 Å². The molecule has 1 aromatic rings. The Bertz CT molecular complexity index is 359. The summed E-state index contributed by atoms with van der Waals surface area (Å²) in [5.41, 5.74) is -0.317. The average molecular weight is 220 g/mol. The highest BCUT2D eigenvalue weighted by atomic mass is 15.1. The van der Waals surface area contributed by atoms with Crippen LogP contribution in [0.4, 0.5) is 0 Å². The van der Waals surface area contributed by atoms with Gasteiger partial charge in [0.15, 0.2) is 0 Å². The number of aryl methyl sites for hydroxylation is 1. The molecule has 1 heterocycles. The average Bonchev–Trinajstić information content (AvgIpc) is 2.66. The van der Waals surface area contributed by atoms with E-state index < -0.39 is 0 Å². The first-order valence-electron chi connectivity index (χ1n) is 5.71. The summed E-state index contributed by atoms with van der Waals surface area (Å²) in [5.74, 6) is 1.04. The van der Waals surface area contributed by atoms with Crippen molar-refractivity contribution in [1.82, 2.24) is 14.9 Å². The minimum Gasteiger partial charge on any atom is -0.334 e. The Morgan fingerprint density at radius 2 is 2.31 bits per heavy atom. The highest BCUT2D eigenvalue weighted by molar-refractivity contribution is 4.96. The van der Waals surface area contributed by atoms with Crippen molar-refractivity contribution in [3.05, 3.63) is 18.2 Å². The summed E-state index contributed by atoms with van der Waals surface area (Å²) in [4.78, 5) is 4.30. The van der Waals surface area contributed by atoms with E-state index in [4.69, 9.17) is 5.26 Å². The smallest absolute Gasteiger partial charge is 0.122 e. The number of aromatic nitrogens is 2. The summed E-state index contributed by atoms with van der Waals surface area (Å²) >= 11 is 0. The maximum atomic E-state index is 8.88. The molecule has 4 nitrogen and oxygen atoms in total. The second-order valence-electron chi connectivity index (χ2n) is 4.64. The first-order valence-corrected chi connectivity index (χ1v) is 5.71. The van der Waals surface area contributed by atoms with Gasteiger partial charge in [-0.1, -0.05) is 6.92 Å². The van der Waals surface area contributed by atoms with Gasteiger partial charge in [0.1, 0.15) is 5.82 Å². The maximum Gasteiger partial charge on any atom is 0.122 e. The summed E-state index contributed by atoms with van der Waals surface area (Å²) in [6, 6.07) is 2.27. The molecule has 0 aromatic carbocycles. The zero-order valence-corrected chi connectivity index (χ0v) is 10.3. The molecular weight excluding hydrogens is 200 g/mol. The van der Waals surface area contributed by atoms with Crippen LogP contribution in [0, 0.1) is 16.7 Å². The lowest BCUT2D eigenvalue weighted by Gasteiger charge is -2.16. The zero-order valence-electron chi connectivity index (χ0n) is 10.3. The van der Waals surface area contributed by atoms with Crippen LogP contribution in [0.15, 0.2) is 12.4 Å². The summed E-state index contributed by atoms with van der Waals surface area (Å²) < 4.78 is 2.15. The van der Waals surface area contributed by atoms with Gasteiger partial charge in [-0.3, -0.25) is 0 Å². The molecule has 0 bridgehead atoms. The second kappa shape index (κ2) is 5.66. The van der Waals surface area contributed by atoms with Crippen molar-refractivity contribution in [2.24, 2.45) is 5.41 Å². The maximum absolute atomic E-state index is 8.88. The minimum absolute atomic E-state index is 0.317. The van der Waals surface area contributed by atoms with Crippen LogP contribution < -0.4 is 5.32 Å². The van der Waals surface area contributed by atoms with Gasteiger partial charge in [0.25, 0.3) is 0 Å². The highest BCUT2D eigenvalue weighted by Gasteiger charge is 2.15. The van der Waals surface area contributed by atoms with Gasteiger partial charge in [0, 0.05) is 25.5 Å². The number of nitrogens with zero attached hydrogens (tertiary/aromatic N) is 3. The molecule has 0 aliphatic rings. The first kappa shape index (κ1) is 12.7. The van der Waals surface area contributed by atoms with Crippen LogP contribution in [0.3, 0.4) is 0 Å². The van der Waals surface area contributed by atoms with Gasteiger partial charge < -0.3 is 9.88 Å². The van der Waals surface area contributed by atoms with Gasteiger partial charge in [-0.15, -0.1) is 0 Å². The molecule has 0 spiro atoms. The van der Waals surface area contributed by atoms with E-state index in [0.717, 1.165) is 25.3 Å². The van der Waals surface area contributed by atoms with E-state index in [1.165, 1.54) is 0 Å². The molecule has 1 rings (SSSR count). The number of nitrogens with one attached hydrogen (secondary N) is 1. The van der Waals surface area contributed by atoms with E-state index in [2.05, 4.69) is 27.9 Å². The number of rotatable bonds is 6. The Kier molecular flexibility index (Phi) is 4.51. The second-order valence-corrected chi connectivity index (χ2v) is 4.64. The van der Waals surface area contributed by atoms with Gasteiger partial charge in [-0.2, -0.15) is 5.26 Å². The fourth-order valence-corrected chi connectivity index (χ4v) is 1.48. The summed E-state index contributed by atoms with van der Waals surface area (Å²) in [6.07, 6.45) is 4.92. The Morgan fingerprint density at radius 1 is 1.56 bits per heavy atom.